The molecule has 0 bridgehead atoms. The zero-order valence-electron chi connectivity index (χ0n) is 22.3. The highest BCUT2D eigenvalue weighted by Crippen LogP contribution is 2.17. The topological polar surface area (TPSA) is 101 Å². The smallest absolute Gasteiger partial charge is 0.233 e. The number of aliphatic imine (C=N–C) groups is 1. The Kier molecular flexibility index (Phi) is 10.4. The fraction of sp³-hybridized carbons (Fsp3) is 0.393. The number of carbonyl (C=O) groups is 2. The van der Waals surface area contributed by atoms with Crippen LogP contribution in [0.3, 0.4) is 0 Å². The third-order valence-corrected chi connectivity index (χ3v) is 5.71. The summed E-state index contributed by atoms with van der Waals surface area (Å²) >= 11 is 0. The zero-order chi connectivity index (χ0) is 27.7. The second kappa shape index (κ2) is 13.7. The van der Waals surface area contributed by atoms with E-state index in [1.54, 1.807) is 55.5 Å². The number of halogens is 1. The van der Waals surface area contributed by atoms with Gasteiger partial charge in [0.25, 0.3) is 0 Å². The van der Waals surface area contributed by atoms with Gasteiger partial charge in [-0.05, 0) is 56.3 Å². The van der Waals surface area contributed by atoms with Crippen LogP contribution in [0, 0.1) is 5.82 Å². The number of hydrogen-bond acceptors (Lipinski definition) is 7. The average molecular weight is 527 g/mol. The maximum absolute atomic E-state index is 15.0. The number of nitrogens with zero attached hydrogens (tertiary/aromatic N) is 2. The van der Waals surface area contributed by atoms with E-state index in [1.807, 2.05) is 13.8 Å². The molecule has 1 aliphatic rings. The lowest BCUT2D eigenvalue weighted by atomic mass is 10.2. The van der Waals surface area contributed by atoms with Crippen molar-refractivity contribution >= 4 is 41.8 Å². The first kappa shape index (κ1) is 28.8. The Labute approximate surface area is 222 Å². The molecule has 1 saturated heterocycles. The molecule has 0 spiro atoms. The van der Waals surface area contributed by atoms with E-state index in [1.165, 1.54) is 6.07 Å². The monoisotopic (exact) mass is 526 g/mol. The van der Waals surface area contributed by atoms with Gasteiger partial charge in [-0.3, -0.25) is 9.59 Å². The first-order valence-corrected chi connectivity index (χ1v) is 12.4. The molecule has 3 rings (SSSR count). The van der Waals surface area contributed by atoms with Gasteiger partial charge < -0.3 is 29.7 Å². The van der Waals surface area contributed by atoms with Crippen LogP contribution in [0.1, 0.15) is 27.2 Å². The fourth-order valence-corrected chi connectivity index (χ4v) is 4.13. The van der Waals surface area contributed by atoms with E-state index in [9.17, 15) is 9.59 Å². The maximum atomic E-state index is 15.0. The molecule has 2 aromatic rings. The van der Waals surface area contributed by atoms with Crippen molar-refractivity contribution in [1.82, 2.24) is 4.90 Å². The molecule has 2 aromatic carbocycles. The summed E-state index contributed by atoms with van der Waals surface area (Å²) < 4.78 is 31.1. The zero-order valence-corrected chi connectivity index (χ0v) is 22.3. The number of nitrogens with one attached hydrogen (secondary N) is 2. The van der Waals surface area contributed by atoms with Gasteiger partial charge in [-0.2, -0.15) is 0 Å². The number of amides is 2. The Balaban J connectivity index is 1.68. The second-order valence-electron chi connectivity index (χ2n) is 9.00. The van der Waals surface area contributed by atoms with Crippen molar-refractivity contribution in [3.63, 3.8) is 0 Å². The first-order chi connectivity index (χ1) is 18.2. The van der Waals surface area contributed by atoms with Gasteiger partial charge in [-0.15, -0.1) is 0 Å². The van der Waals surface area contributed by atoms with Crippen LogP contribution in [-0.2, 0) is 19.1 Å². The van der Waals surface area contributed by atoms with Gasteiger partial charge in [0, 0.05) is 43.9 Å². The molecule has 2 atom stereocenters. The molecule has 2 amide bonds. The van der Waals surface area contributed by atoms with Crippen molar-refractivity contribution < 1.29 is 28.2 Å². The van der Waals surface area contributed by atoms with Crippen LogP contribution in [0.2, 0.25) is 0 Å². The van der Waals surface area contributed by atoms with E-state index in [2.05, 4.69) is 22.2 Å². The molecule has 9 nitrogen and oxygen atoms in total. The molecule has 38 heavy (non-hydrogen) atoms. The summed E-state index contributed by atoms with van der Waals surface area (Å²) in [5, 5.41) is 6.47. The summed E-state index contributed by atoms with van der Waals surface area (Å²) in [5.41, 5.74) is 1.15. The van der Waals surface area contributed by atoms with Crippen molar-refractivity contribution in [2.75, 3.05) is 44.0 Å². The van der Waals surface area contributed by atoms with E-state index in [4.69, 9.17) is 14.2 Å². The standard InChI is InChI=1S/C28H35FN4O5/c1-6-30-28(27-18(2)13-23(14-24(27)29)37-12-11-36-5)32-22-9-7-21(8-10-22)31-25(34)15-26(35)33-16-19(3)38-20(4)17-33/h6-10,13-14,19-20,32H,2,11-12,15-17H2,1,3-5H3,(H,31,34)/b28-27-,30-6-. The minimum atomic E-state index is -0.532. The quantitative estimate of drug-likeness (QED) is 0.280. The van der Waals surface area contributed by atoms with Crippen LogP contribution in [0.25, 0.3) is 12.4 Å². The van der Waals surface area contributed by atoms with E-state index >= 15 is 4.39 Å². The normalized spacial score (nSPS) is 18.3. The largest absolute Gasteiger partial charge is 0.491 e. The maximum Gasteiger partial charge on any atom is 0.233 e. The molecule has 2 unspecified atom stereocenters. The molecular weight excluding hydrogens is 491 g/mol. The lowest BCUT2D eigenvalue weighted by molar-refractivity contribution is -0.145. The summed E-state index contributed by atoms with van der Waals surface area (Å²) in [7, 11) is 1.56. The van der Waals surface area contributed by atoms with Gasteiger partial charge in [-0.1, -0.05) is 6.58 Å². The Bertz CT molecular complexity index is 1260. The van der Waals surface area contributed by atoms with Gasteiger partial charge >= 0.3 is 0 Å². The number of methoxy groups -OCH3 is 1. The molecule has 204 valence electrons. The van der Waals surface area contributed by atoms with E-state index in [0.717, 1.165) is 0 Å². The van der Waals surface area contributed by atoms with Gasteiger partial charge in [0.2, 0.25) is 11.8 Å². The van der Waals surface area contributed by atoms with Gasteiger partial charge in [0.15, 0.2) is 0 Å². The summed E-state index contributed by atoms with van der Waals surface area (Å²) in [6.07, 6.45) is 1.17. The Morgan fingerprint density at radius 3 is 2.34 bits per heavy atom. The summed E-state index contributed by atoms with van der Waals surface area (Å²) in [5.74, 6) is -0.544. The first-order valence-electron chi connectivity index (χ1n) is 12.4. The third-order valence-electron chi connectivity index (χ3n) is 5.71. The highest BCUT2D eigenvalue weighted by molar-refractivity contribution is 6.03. The van der Waals surface area contributed by atoms with E-state index in [-0.39, 0.29) is 35.6 Å². The molecular formula is C28H35FN4O5. The number of rotatable bonds is 10. The van der Waals surface area contributed by atoms with Gasteiger partial charge in [0.05, 0.1) is 24.0 Å². The Morgan fingerprint density at radius 2 is 1.76 bits per heavy atom. The second-order valence-corrected chi connectivity index (χ2v) is 9.00. The lowest BCUT2D eigenvalue weighted by Gasteiger charge is -2.35. The Morgan fingerprint density at radius 1 is 1.13 bits per heavy atom. The average Bonchev–Trinajstić information content (AvgIpc) is 2.84. The van der Waals surface area contributed by atoms with Crippen LogP contribution in [0.15, 0.2) is 41.4 Å². The van der Waals surface area contributed by atoms with Crippen molar-refractivity contribution in [1.29, 1.82) is 0 Å². The highest BCUT2D eigenvalue weighted by atomic mass is 19.1. The molecule has 0 aromatic heterocycles. The number of benzene rings is 2. The predicted molar refractivity (Wildman–Crippen MR) is 146 cm³/mol. The summed E-state index contributed by atoms with van der Waals surface area (Å²) in [6, 6.07) is 9.73. The molecule has 0 saturated carbocycles. The molecule has 0 radical (unpaired) electrons. The number of morpholine rings is 1. The van der Waals surface area contributed by atoms with Crippen molar-refractivity contribution in [2.45, 2.75) is 39.4 Å². The molecule has 2 N–H and O–H groups in total. The number of carbonyl (C=O) groups excluding carboxylic acids is 2. The molecule has 1 aliphatic heterocycles. The molecule has 10 heteroatoms. The summed E-state index contributed by atoms with van der Waals surface area (Å²) in [6.45, 7) is 11.1. The van der Waals surface area contributed by atoms with Crippen LogP contribution >= 0.6 is 0 Å². The van der Waals surface area contributed by atoms with Crippen molar-refractivity contribution in [3.05, 3.63) is 52.7 Å². The SMILES string of the molecule is C=c1cc(OCCOC)cc(F)/c1=C(/N=C\C)Nc1ccc(NC(=O)CC(=O)N2CC(C)OC(C)C2)cc1. The fourth-order valence-electron chi connectivity index (χ4n) is 4.13. The summed E-state index contributed by atoms with van der Waals surface area (Å²) in [4.78, 5) is 30.9. The number of hydrogen-bond donors (Lipinski definition) is 2. The molecule has 1 heterocycles. The highest BCUT2D eigenvalue weighted by Gasteiger charge is 2.27. The minimum absolute atomic E-state index is 0.0650. The third kappa shape index (κ3) is 8.12. The van der Waals surface area contributed by atoms with Crippen LogP contribution in [0.5, 0.6) is 5.75 Å². The number of ether oxygens (including phenoxy) is 3. The number of anilines is 2. The van der Waals surface area contributed by atoms with Crippen molar-refractivity contribution in [2.24, 2.45) is 4.99 Å². The van der Waals surface area contributed by atoms with E-state index < -0.39 is 11.7 Å². The van der Waals surface area contributed by atoms with Gasteiger partial charge in [-0.25, -0.2) is 9.38 Å². The van der Waals surface area contributed by atoms with Crippen molar-refractivity contribution in [3.8, 4) is 5.75 Å². The minimum Gasteiger partial charge on any atom is -0.491 e. The van der Waals surface area contributed by atoms with Crippen LogP contribution in [0.4, 0.5) is 15.8 Å². The Hall–Kier alpha value is -3.76. The molecule has 0 aliphatic carbocycles. The predicted octanol–water partition coefficient (Wildman–Crippen LogP) is 2.49. The van der Waals surface area contributed by atoms with Crippen LogP contribution < -0.4 is 25.8 Å². The lowest BCUT2D eigenvalue weighted by Crippen LogP contribution is -2.48. The van der Waals surface area contributed by atoms with Crippen LogP contribution in [-0.4, -0.2) is 68.5 Å². The van der Waals surface area contributed by atoms with E-state index in [0.29, 0.717) is 48.6 Å². The molecule has 1 fully saturated rings. The van der Waals surface area contributed by atoms with Gasteiger partial charge in [0.1, 0.15) is 30.4 Å².